The number of ether oxygens (including phenoxy) is 2. The van der Waals surface area contributed by atoms with Crippen LogP contribution in [-0.2, 0) is 14.8 Å². The van der Waals surface area contributed by atoms with E-state index in [9.17, 15) is 13.5 Å². The molecule has 1 aliphatic heterocycles. The van der Waals surface area contributed by atoms with Gasteiger partial charge in [0.25, 0.3) is 0 Å². The lowest BCUT2D eigenvalue weighted by molar-refractivity contribution is 0.0314. The van der Waals surface area contributed by atoms with Crippen LogP contribution in [-0.4, -0.2) is 46.0 Å². The third-order valence-corrected chi connectivity index (χ3v) is 4.59. The molecule has 1 fully saturated rings. The molecule has 7 nitrogen and oxygen atoms in total. The number of nitrogen functional groups attached to an aromatic ring is 1. The van der Waals surface area contributed by atoms with Gasteiger partial charge in [-0.1, -0.05) is 0 Å². The lowest BCUT2D eigenvalue weighted by Crippen LogP contribution is -2.43. The van der Waals surface area contributed by atoms with Crippen molar-refractivity contribution in [2.45, 2.75) is 16.9 Å². The molecule has 0 saturated carbocycles. The van der Waals surface area contributed by atoms with Crippen molar-refractivity contribution < 1.29 is 23.0 Å². The molecular formula is C12H18N2O5S. The van der Waals surface area contributed by atoms with Crippen molar-refractivity contribution in [3.05, 3.63) is 18.2 Å². The first-order valence-electron chi connectivity index (χ1n) is 6.10. The van der Waals surface area contributed by atoms with Gasteiger partial charge in [0.05, 0.1) is 24.3 Å². The summed E-state index contributed by atoms with van der Waals surface area (Å²) in [5, 5.41) is 10.0. The number of hydrogen-bond acceptors (Lipinski definition) is 6. The second-order valence-electron chi connectivity index (χ2n) is 4.76. The lowest BCUT2D eigenvalue weighted by atomic mass is 10.1. The summed E-state index contributed by atoms with van der Waals surface area (Å²) in [6.07, 6.45) is 0.403. The SMILES string of the molecule is COc1cc(S(=O)(=O)NCC2(O)CCOC2)ccc1N. The fourth-order valence-corrected chi connectivity index (χ4v) is 3.04. The summed E-state index contributed by atoms with van der Waals surface area (Å²) in [6, 6.07) is 4.18. The van der Waals surface area contributed by atoms with Crippen LogP contribution in [0.5, 0.6) is 5.75 Å². The van der Waals surface area contributed by atoms with Crippen molar-refractivity contribution in [2.24, 2.45) is 0 Å². The molecule has 1 aromatic rings. The maximum Gasteiger partial charge on any atom is 0.240 e. The standard InChI is InChI=1S/C12H18N2O5S/c1-18-11-6-9(2-3-10(11)13)20(16,17)14-7-12(15)4-5-19-8-12/h2-3,6,14-15H,4-5,7-8,13H2,1H3. The van der Waals surface area contributed by atoms with Gasteiger partial charge in [-0.2, -0.15) is 0 Å². The Kier molecular flexibility index (Phi) is 4.19. The quantitative estimate of drug-likeness (QED) is 0.644. The highest BCUT2D eigenvalue weighted by Gasteiger charge is 2.33. The minimum Gasteiger partial charge on any atom is -0.495 e. The number of aliphatic hydroxyl groups is 1. The Morgan fingerprint density at radius 1 is 1.55 bits per heavy atom. The van der Waals surface area contributed by atoms with Crippen molar-refractivity contribution in [3.8, 4) is 5.75 Å². The highest BCUT2D eigenvalue weighted by molar-refractivity contribution is 7.89. The van der Waals surface area contributed by atoms with E-state index < -0.39 is 15.6 Å². The molecule has 0 spiro atoms. The summed E-state index contributed by atoms with van der Waals surface area (Å²) < 4.78 is 36.7. The molecule has 20 heavy (non-hydrogen) atoms. The maximum atomic E-state index is 12.2. The van der Waals surface area contributed by atoms with Crippen LogP contribution in [0, 0.1) is 0 Å². The Morgan fingerprint density at radius 2 is 2.30 bits per heavy atom. The van der Waals surface area contributed by atoms with E-state index in [4.69, 9.17) is 15.2 Å². The predicted molar refractivity (Wildman–Crippen MR) is 73.0 cm³/mol. The number of sulfonamides is 1. The van der Waals surface area contributed by atoms with Gasteiger partial charge < -0.3 is 20.3 Å². The van der Waals surface area contributed by atoms with Crippen LogP contribution in [0.25, 0.3) is 0 Å². The minimum atomic E-state index is -3.74. The average molecular weight is 302 g/mol. The van der Waals surface area contributed by atoms with Crippen molar-refractivity contribution in [1.82, 2.24) is 4.72 Å². The molecule has 112 valence electrons. The normalized spacial score (nSPS) is 22.9. The number of anilines is 1. The van der Waals surface area contributed by atoms with E-state index in [-0.39, 0.29) is 23.8 Å². The second-order valence-corrected chi connectivity index (χ2v) is 6.52. The summed E-state index contributed by atoms with van der Waals surface area (Å²) >= 11 is 0. The number of nitrogens with one attached hydrogen (secondary N) is 1. The smallest absolute Gasteiger partial charge is 0.240 e. The molecule has 1 aliphatic rings. The molecule has 4 N–H and O–H groups in total. The molecule has 1 aromatic carbocycles. The molecule has 1 atom stereocenters. The van der Waals surface area contributed by atoms with Crippen LogP contribution >= 0.6 is 0 Å². The molecule has 2 rings (SSSR count). The van der Waals surface area contributed by atoms with Crippen LogP contribution in [0.4, 0.5) is 5.69 Å². The van der Waals surface area contributed by atoms with E-state index in [1.54, 1.807) is 0 Å². The van der Waals surface area contributed by atoms with Gasteiger partial charge >= 0.3 is 0 Å². The van der Waals surface area contributed by atoms with Crippen molar-refractivity contribution in [2.75, 3.05) is 32.6 Å². The molecule has 0 aliphatic carbocycles. The highest BCUT2D eigenvalue weighted by Crippen LogP contribution is 2.25. The molecule has 0 bridgehead atoms. The predicted octanol–water partition coefficient (Wildman–Crippen LogP) is -0.293. The highest BCUT2D eigenvalue weighted by atomic mass is 32.2. The number of rotatable bonds is 5. The zero-order valence-electron chi connectivity index (χ0n) is 11.1. The Bertz CT molecular complexity index is 582. The molecule has 0 aromatic heterocycles. The van der Waals surface area contributed by atoms with Crippen molar-refractivity contribution in [3.63, 3.8) is 0 Å². The van der Waals surface area contributed by atoms with E-state index >= 15 is 0 Å². The van der Waals surface area contributed by atoms with E-state index in [0.717, 1.165) is 0 Å². The van der Waals surface area contributed by atoms with Gasteiger partial charge in [-0.05, 0) is 12.1 Å². The molecule has 0 amide bonds. The van der Waals surface area contributed by atoms with E-state index in [1.165, 1.54) is 25.3 Å². The molecule has 1 heterocycles. The van der Waals surface area contributed by atoms with Gasteiger partial charge in [-0.3, -0.25) is 0 Å². The van der Waals surface area contributed by atoms with Crippen molar-refractivity contribution in [1.29, 1.82) is 0 Å². The van der Waals surface area contributed by atoms with Crippen molar-refractivity contribution >= 4 is 15.7 Å². The minimum absolute atomic E-state index is 0.0334. The number of benzene rings is 1. The number of hydrogen-bond donors (Lipinski definition) is 3. The topological polar surface area (TPSA) is 111 Å². The van der Waals surface area contributed by atoms with Gasteiger partial charge in [0.15, 0.2) is 0 Å². The monoisotopic (exact) mass is 302 g/mol. The molecule has 1 saturated heterocycles. The molecule has 0 radical (unpaired) electrons. The van der Waals surface area contributed by atoms with Gasteiger partial charge in [0.1, 0.15) is 11.4 Å². The average Bonchev–Trinajstić information content (AvgIpc) is 2.85. The number of methoxy groups -OCH3 is 1. The molecular weight excluding hydrogens is 284 g/mol. The largest absolute Gasteiger partial charge is 0.495 e. The number of nitrogens with two attached hydrogens (primary N) is 1. The summed E-state index contributed by atoms with van der Waals surface area (Å²) in [6.45, 7) is 0.455. The van der Waals surface area contributed by atoms with Crippen LogP contribution in [0.3, 0.4) is 0 Å². The third kappa shape index (κ3) is 3.21. The fourth-order valence-electron chi connectivity index (χ4n) is 1.91. The van der Waals surface area contributed by atoms with E-state index in [0.29, 0.717) is 18.7 Å². The Balaban J connectivity index is 2.14. The first kappa shape index (κ1) is 15.0. The Labute approximate surface area is 117 Å². The Morgan fingerprint density at radius 3 is 2.90 bits per heavy atom. The molecule has 8 heteroatoms. The van der Waals surface area contributed by atoms with Crippen LogP contribution < -0.4 is 15.2 Å². The second kappa shape index (κ2) is 5.57. The third-order valence-electron chi connectivity index (χ3n) is 3.19. The summed E-state index contributed by atoms with van der Waals surface area (Å²) in [5.41, 5.74) is 4.85. The van der Waals surface area contributed by atoms with Crippen LogP contribution in [0.2, 0.25) is 0 Å². The maximum absolute atomic E-state index is 12.2. The van der Waals surface area contributed by atoms with Gasteiger partial charge in [0, 0.05) is 25.6 Å². The first-order valence-corrected chi connectivity index (χ1v) is 7.58. The summed E-state index contributed by atoms with van der Waals surface area (Å²) in [5.74, 6) is 0.288. The summed E-state index contributed by atoms with van der Waals surface area (Å²) in [4.78, 5) is 0.0334. The lowest BCUT2D eigenvalue weighted by Gasteiger charge is -2.20. The van der Waals surface area contributed by atoms with Gasteiger partial charge in [0.2, 0.25) is 10.0 Å². The first-order chi connectivity index (χ1) is 9.36. The van der Waals surface area contributed by atoms with E-state index in [2.05, 4.69) is 4.72 Å². The van der Waals surface area contributed by atoms with E-state index in [1.807, 2.05) is 0 Å². The molecule has 1 unspecified atom stereocenters. The Hall–Kier alpha value is -1.35. The van der Waals surface area contributed by atoms with Gasteiger partial charge in [-0.15, -0.1) is 0 Å². The van der Waals surface area contributed by atoms with Crippen LogP contribution in [0.1, 0.15) is 6.42 Å². The fraction of sp³-hybridized carbons (Fsp3) is 0.500. The summed E-state index contributed by atoms with van der Waals surface area (Å²) in [7, 11) is -2.33. The zero-order chi connectivity index (χ0) is 14.8. The van der Waals surface area contributed by atoms with Crippen LogP contribution in [0.15, 0.2) is 23.1 Å². The van der Waals surface area contributed by atoms with Gasteiger partial charge in [-0.25, -0.2) is 13.1 Å². The zero-order valence-corrected chi connectivity index (χ0v) is 11.9.